The van der Waals surface area contributed by atoms with E-state index in [2.05, 4.69) is 35.7 Å². The molecule has 0 fully saturated rings. The van der Waals surface area contributed by atoms with E-state index in [-0.39, 0.29) is 11.7 Å². The smallest absolute Gasteiger partial charge is 0.387 e. The van der Waals surface area contributed by atoms with Gasteiger partial charge in [0.1, 0.15) is 11.4 Å². The topological polar surface area (TPSA) is 100 Å². The first-order chi connectivity index (χ1) is 17.3. The summed E-state index contributed by atoms with van der Waals surface area (Å²) in [5, 5.41) is 3.62. The maximum atomic E-state index is 13.0. The lowest BCUT2D eigenvalue weighted by molar-refractivity contribution is -0.0499. The van der Waals surface area contributed by atoms with E-state index in [4.69, 9.17) is 0 Å². The van der Waals surface area contributed by atoms with E-state index in [1.807, 2.05) is 32.0 Å². The van der Waals surface area contributed by atoms with Gasteiger partial charge in [-0.05, 0) is 59.7 Å². The predicted octanol–water partition coefficient (Wildman–Crippen LogP) is 6.48. The minimum absolute atomic E-state index is 0.0674. The van der Waals surface area contributed by atoms with Gasteiger partial charge in [0.2, 0.25) is 10.0 Å². The molecule has 11 heteroatoms. The lowest BCUT2D eigenvalue weighted by Crippen LogP contribution is -2.20. The van der Waals surface area contributed by atoms with Crippen LogP contribution in [0.25, 0.3) is 10.9 Å². The molecule has 3 aromatic carbocycles. The van der Waals surface area contributed by atoms with Crippen molar-refractivity contribution in [3.8, 4) is 5.75 Å². The molecule has 0 spiro atoms. The van der Waals surface area contributed by atoms with Crippen LogP contribution >= 0.6 is 15.9 Å². The molecule has 0 atom stereocenters. The van der Waals surface area contributed by atoms with E-state index < -0.39 is 22.0 Å². The Morgan fingerprint density at radius 3 is 2.46 bits per heavy atom. The van der Waals surface area contributed by atoms with E-state index in [1.54, 1.807) is 42.5 Å². The Labute approximate surface area is 221 Å². The molecular formula is C26H24BrF2N3O4S. The molecule has 0 bridgehead atoms. The van der Waals surface area contributed by atoms with Gasteiger partial charge in [0, 0.05) is 26.5 Å². The van der Waals surface area contributed by atoms with E-state index in [1.165, 1.54) is 6.07 Å². The van der Waals surface area contributed by atoms with Gasteiger partial charge in [-0.3, -0.25) is 9.52 Å². The van der Waals surface area contributed by atoms with E-state index in [0.29, 0.717) is 22.6 Å². The summed E-state index contributed by atoms with van der Waals surface area (Å²) in [6.07, 6.45) is 1.06. The molecule has 0 radical (unpaired) electrons. The Morgan fingerprint density at radius 2 is 1.76 bits per heavy atom. The van der Waals surface area contributed by atoms with Crippen LogP contribution in [0.1, 0.15) is 35.5 Å². The third-order valence-electron chi connectivity index (χ3n) is 5.83. The Hall–Kier alpha value is -3.44. The Balaban J connectivity index is 1.59. The van der Waals surface area contributed by atoms with Crippen LogP contribution in [0.15, 0.2) is 71.2 Å². The largest absolute Gasteiger partial charge is 0.435 e. The number of amides is 1. The lowest BCUT2D eigenvalue weighted by atomic mass is 9.78. The highest BCUT2D eigenvalue weighted by Crippen LogP contribution is 2.36. The summed E-state index contributed by atoms with van der Waals surface area (Å²) in [7, 11) is -3.43. The minimum Gasteiger partial charge on any atom is -0.435 e. The van der Waals surface area contributed by atoms with Crippen molar-refractivity contribution < 1.29 is 26.7 Å². The number of aromatic amines is 1. The summed E-state index contributed by atoms with van der Waals surface area (Å²) >= 11 is 3.49. The van der Waals surface area contributed by atoms with Gasteiger partial charge in [-0.1, -0.05) is 48.0 Å². The fraction of sp³-hybridized carbons (Fsp3) is 0.192. The molecule has 0 saturated carbocycles. The van der Waals surface area contributed by atoms with Crippen LogP contribution in [0, 0.1) is 0 Å². The number of alkyl halides is 2. The summed E-state index contributed by atoms with van der Waals surface area (Å²) in [5.41, 5.74) is 2.79. The molecule has 0 aliphatic heterocycles. The molecule has 3 N–H and O–H groups in total. The summed E-state index contributed by atoms with van der Waals surface area (Å²) in [4.78, 5) is 16.0. The van der Waals surface area contributed by atoms with Gasteiger partial charge < -0.3 is 15.0 Å². The number of fused-ring (bicyclic) bond motifs is 1. The van der Waals surface area contributed by atoms with Crippen LogP contribution in [-0.4, -0.2) is 32.2 Å². The zero-order valence-electron chi connectivity index (χ0n) is 20.1. The van der Waals surface area contributed by atoms with Crippen molar-refractivity contribution in [1.29, 1.82) is 0 Å². The highest BCUT2D eigenvalue weighted by atomic mass is 79.9. The molecule has 0 aliphatic rings. The first kappa shape index (κ1) is 26.6. The third kappa shape index (κ3) is 6.47. The third-order valence-corrected chi connectivity index (χ3v) is 6.89. The normalized spacial score (nSPS) is 12.1. The number of hydrogen-bond acceptors (Lipinski definition) is 4. The quantitative estimate of drug-likeness (QED) is 0.218. The Bertz CT molecular complexity index is 1590. The van der Waals surface area contributed by atoms with Crippen LogP contribution in [0.5, 0.6) is 5.75 Å². The maximum Gasteiger partial charge on any atom is 0.387 e. The lowest BCUT2D eigenvalue weighted by Gasteiger charge is -2.27. The predicted molar refractivity (Wildman–Crippen MR) is 144 cm³/mol. The molecule has 1 aromatic heterocycles. The van der Waals surface area contributed by atoms with Crippen molar-refractivity contribution in [2.24, 2.45) is 0 Å². The number of rotatable bonds is 8. The number of carbonyl (C=O) groups is 1. The van der Waals surface area contributed by atoms with Gasteiger partial charge >= 0.3 is 6.61 Å². The fourth-order valence-corrected chi connectivity index (χ4v) is 5.02. The monoisotopic (exact) mass is 591 g/mol. The number of halogens is 3. The summed E-state index contributed by atoms with van der Waals surface area (Å²) in [6, 6.07) is 18.6. The van der Waals surface area contributed by atoms with E-state index in [9.17, 15) is 22.0 Å². The van der Waals surface area contributed by atoms with Crippen molar-refractivity contribution in [1.82, 2.24) is 4.98 Å². The number of nitrogens with one attached hydrogen (secondary N) is 3. The summed E-state index contributed by atoms with van der Waals surface area (Å²) in [6.45, 7) is 0.974. The molecule has 37 heavy (non-hydrogen) atoms. The van der Waals surface area contributed by atoms with Crippen LogP contribution in [0.2, 0.25) is 0 Å². The van der Waals surface area contributed by atoms with Crippen LogP contribution in [-0.2, 0) is 15.4 Å². The maximum absolute atomic E-state index is 13.0. The molecule has 0 aliphatic carbocycles. The first-order valence-electron chi connectivity index (χ1n) is 11.1. The standard InChI is InChI=1S/C26H24BrF2N3O4S/c1-26(2,16-5-4-6-21(12-16)36-25(28)29)17-10-18(27)13-20(11-17)30-24(33)23-9-15-7-8-19(14-22(15)31-23)32-37(3,34)35/h4-14,25,31-32H,1-3H3,(H,30,33). The van der Waals surface area contributed by atoms with E-state index >= 15 is 0 Å². The molecule has 0 saturated heterocycles. The summed E-state index contributed by atoms with van der Waals surface area (Å²) in [5.74, 6) is -0.319. The van der Waals surface area contributed by atoms with Crippen LogP contribution < -0.4 is 14.8 Å². The molecule has 1 heterocycles. The van der Waals surface area contributed by atoms with Gasteiger partial charge in [-0.2, -0.15) is 8.78 Å². The first-order valence-corrected chi connectivity index (χ1v) is 13.8. The number of carbonyl (C=O) groups excluding carboxylic acids is 1. The number of sulfonamides is 1. The van der Waals surface area contributed by atoms with Crippen LogP contribution in [0.4, 0.5) is 20.2 Å². The number of H-pyrrole nitrogens is 1. The van der Waals surface area contributed by atoms with Crippen LogP contribution in [0.3, 0.4) is 0 Å². The molecule has 7 nitrogen and oxygen atoms in total. The van der Waals surface area contributed by atoms with Crippen molar-refractivity contribution in [3.05, 3.63) is 88.0 Å². The van der Waals surface area contributed by atoms with Crippen molar-refractivity contribution in [3.63, 3.8) is 0 Å². The Morgan fingerprint density at radius 1 is 1.00 bits per heavy atom. The van der Waals surface area contributed by atoms with Gasteiger partial charge in [0.25, 0.3) is 5.91 Å². The van der Waals surface area contributed by atoms with Crippen molar-refractivity contribution in [2.75, 3.05) is 16.3 Å². The highest BCUT2D eigenvalue weighted by molar-refractivity contribution is 9.10. The molecule has 4 rings (SSSR count). The van der Waals surface area contributed by atoms with Gasteiger partial charge in [-0.15, -0.1) is 0 Å². The second-order valence-electron chi connectivity index (χ2n) is 9.07. The minimum atomic E-state index is -3.43. The molecule has 1 amide bonds. The fourth-order valence-electron chi connectivity index (χ4n) is 3.98. The van der Waals surface area contributed by atoms with Crippen molar-refractivity contribution >= 4 is 54.1 Å². The molecule has 194 valence electrons. The number of hydrogen-bond donors (Lipinski definition) is 3. The number of benzene rings is 3. The van der Waals surface area contributed by atoms with Crippen molar-refractivity contribution in [2.45, 2.75) is 25.9 Å². The second kappa shape index (κ2) is 10.1. The van der Waals surface area contributed by atoms with Gasteiger partial charge in [-0.25, -0.2) is 8.42 Å². The van der Waals surface area contributed by atoms with Gasteiger partial charge in [0.05, 0.1) is 11.9 Å². The van der Waals surface area contributed by atoms with E-state index in [0.717, 1.165) is 27.2 Å². The number of anilines is 2. The number of aromatic nitrogens is 1. The summed E-state index contributed by atoms with van der Waals surface area (Å²) < 4.78 is 56.1. The number of ether oxygens (including phenoxy) is 1. The zero-order valence-corrected chi connectivity index (χ0v) is 22.5. The highest BCUT2D eigenvalue weighted by Gasteiger charge is 2.25. The average molecular weight is 592 g/mol. The second-order valence-corrected chi connectivity index (χ2v) is 11.7. The molecule has 4 aromatic rings. The SMILES string of the molecule is CC(C)(c1cc(Br)cc(NC(=O)c2cc3ccc(NS(C)(=O)=O)cc3[nH]2)c1)c1cccc(OC(F)F)c1. The zero-order chi connectivity index (χ0) is 27.0. The van der Waals surface area contributed by atoms with Gasteiger partial charge in [0.15, 0.2) is 0 Å². The Kier molecular flexibility index (Phi) is 7.29. The molecule has 0 unspecified atom stereocenters. The molecular weight excluding hydrogens is 568 g/mol. The average Bonchev–Trinajstić information content (AvgIpc) is 3.21.